The summed E-state index contributed by atoms with van der Waals surface area (Å²) >= 11 is 0. The number of carbonyl (C=O) groups is 1. The monoisotopic (exact) mass is 305 g/mol. The number of aromatic hydroxyl groups is 1. The van der Waals surface area contributed by atoms with E-state index in [9.17, 15) is 9.90 Å². The number of carboxylic acid groups (broad SMARTS) is 1. The molecular formula is C19H15NO3. The summed E-state index contributed by atoms with van der Waals surface area (Å²) in [5.74, 6) is -0.775. The van der Waals surface area contributed by atoms with Crippen LogP contribution in [0.4, 0.5) is 5.69 Å². The summed E-state index contributed by atoms with van der Waals surface area (Å²) in [5.41, 5.74) is 2.28. The molecule has 0 aliphatic heterocycles. The van der Waals surface area contributed by atoms with Crippen LogP contribution in [0, 0.1) is 6.92 Å². The third-order valence-electron chi connectivity index (χ3n) is 3.72. The van der Waals surface area contributed by atoms with Gasteiger partial charge in [-0.3, -0.25) is 4.99 Å². The van der Waals surface area contributed by atoms with Crippen LogP contribution in [0.2, 0.25) is 0 Å². The van der Waals surface area contributed by atoms with Crippen LogP contribution < -0.4 is 0 Å². The van der Waals surface area contributed by atoms with Crippen LogP contribution >= 0.6 is 0 Å². The maximum absolute atomic E-state index is 10.9. The van der Waals surface area contributed by atoms with Crippen LogP contribution in [0.1, 0.15) is 21.5 Å². The van der Waals surface area contributed by atoms with E-state index in [4.69, 9.17) is 5.11 Å². The molecule has 0 aromatic heterocycles. The predicted octanol–water partition coefficient (Wildman–Crippen LogP) is 4.30. The average molecular weight is 305 g/mol. The van der Waals surface area contributed by atoms with Crippen molar-refractivity contribution in [2.45, 2.75) is 6.92 Å². The molecule has 0 radical (unpaired) electrons. The number of benzene rings is 3. The zero-order valence-electron chi connectivity index (χ0n) is 12.5. The molecule has 0 aliphatic rings. The minimum Gasteiger partial charge on any atom is -0.507 e. The van der Waals surface area contributed by atoms with Crippen molar-refractivity contribution in [3.63, 3.8) is 0 Å². The molecule has 2 N–H and O–H groups in total. The molecule has 114 valence electrons. The molecule has 0 bridgehead atoms. The first-order valence-electron chi connectivity index (χ1n) is 7.15. The lowest BCUT2D eigenvalue weighted by Gasteiger charge is -2.05. The quantitative estimate of drug-likeness (QED) is 0.709. The van der Waals surface area contributed by atoms with Crippen molar-refractivity contribution in [1.82, 2.24) is 0 Å². The Hall–Kier alpha value is -3.14. The number of carboxylic acids is 1. The third-order valence-corrected chi connectivity index (χ3v) is 3.72. The Labute approximate surface area is 133 Å². The van der Waals surface area contributed by atoms with Crippen LogP contribution in [-0.2, 0) is 0 Å². The van der Waals surface area contributed by atoms with Gasteiger partial charge in [0.25, 0.3) is 0 Å². The van der Waals surface area contributed by atoms with Crippen molar-refractivity contribution in [3.8, 4) is 5.75 Å². The summed E-state index contributed by atoms with van der Waals surface area (Å²) in [6.07, 6.45) is 1.59. The molecule has 0 atom stereocenters. The molecule has 3 aromatic rings. The fourth-order valence-corrected chi connectivity index (χ4v) is 2.45. The van der Waals surface area contributed by atoms with E-state index < -0.39 is 5.97 Å². The summed E-state index contributed by atoms with van der Waals surface area (Å²) in [7, 11) is 0. The van der Waals surface area contributed by atoms with E-state index in [0.29, 0.717) is 11.3 Å². The molecule has 0 unspecified atom stereocenters. The second-order valence-electron chi connectivity index (χ2n) is 5.29. The number of aryl methyl sites for hydroxylation is 1. The van der Waals surface area contributed by atoms with Gasteiger partial charge in [-0.25, -0.2) is 4.79 Å². The molecule has 0 amide bonds. The first kappa shape index (κ1) is 14.8. The number of hydrogen-bond acceptors (Lipinski definition) is 3. The molecule has 0 fully saturated rings. The molecule has 0 saturated heterocycles. The van der Waals surface area contributed by atoms with E-state index in [2.05, 4.69) is 4.99 Å². The summed E-state index contributed by atoms with van der Waals surface area (Å²) in [6, 6.07) is 16.1. The molecule has 0 spiro atoms. The number of aliphatic imine (C=N–C) groups is 1. The van der Waals surface area contributed by atoms with Crippen LogP contribution in [-0.4, -0.2) is 22.4 Å². The van der Waals surface area contributed by atoms with Gasteiger partial charge in [0.2, 0.25) is 0 Å². The fraction of sp³-hybridized carbons (Fsp3) is 0.0526. The Balaban J connectivity index is 1.97. The van der Waals surface area contributed by atoms with E-state index >= 15 is 0 Å². The summed E-state index contributed by atoms with van der Waals surface area (Å²) in [6.45, 7) is 1.80. The van der Waals surface area contributed by atoms with Gasteiger partial charge in [0.05, 0.1) is 11.3 Å². The molecule has 0 heterocycles. The van der Waals surface area contributed by atoms with Gasteiger partial charge in [0, 0.05) is 17.2 Å². The highest BCUT2D eigenvalue weighted by Gasteiger charge is 2.06. The van der Waals surface area contributed by atoms with Crippen LogP contribution in [0.15, 0.2) is 59.6 Å². The van der Waals surface area contributed by atoms with Crippen molar-refractivity contribution in [2.24, 2.45) is 4.99 Å². The zero-order valence-corrected chi connectivity index (χ0v) is 12.5. The Morgan fingerprint density at radius 2 is 1.87 bits per heavy atom. The maximum Gasteiger partial charge on any atom is 0.335 e. The van der Waals surface area contributed by atoms with Crippen LogP contribution in [0.25, 0.3) is 10.8 Å². The number of nitrogens with zero attached hydrogens (tertiary/aromatic N) is 1. The lowest BCUT2D eigenvalue weighted by molar-refractivity contribution is 0.0697. The number of aromatic carboxylic acids is 1. The molecule has 23 heavy (non-hydrogen) atoms. The van der Waals surface area contributed by atoms with Gasteiger partial charge in [-0.2, -0.15) is 0 Å². The number of fused-ring (bicyclic) bond motifs is 1. The largest absolute Gasteiger partial charge is 0.507 e. The number of phenols is 1. The fourth-order valence-electron chi connectivity index (χ4n) is 2.45. The summed E-state index contributed by atoms with van der Waals surface area (Å²) < 4.78 is 0. The van der Waals surface area contributed by atoms with E-state index in [1.54, 1.807) is 25.3 Å². The van der Waals surface area contributed by atoms with Gasteiger partial charge >= 0.3 is 5.97 Å². The molecular weight excluding hydrogens is 290 g/mol. The van der Waals surface area contributed by atoms with Crippen LogP contribution in [0.3, 0.4) is 0 Å². The van der Waals surface area contributed by atoms with Gasteiger partial charge in [0.15, 0.2) is 0 Å². The lowest BCUT2D eigenvalue weighted by Crippen LogP contribution is -1.96. The van der Waals surface area contributed by atoms with E-state index in [0.717, 1.165) is 16.3 Å². The van der Waals surface area contributed by atoms with Gasteiger partial charge < -0.3 is 10.2 Å². The van der Waals surface area contributed by atoms with E-state index in [1.165, 1.54) is 6.07 Å². The maximum atomic E-state index is 10.9. The number of phenolic OH excluding ortho intramolecular Hbond substituents is 1. The number of rotatable bonds is 3. The van der Waals surface area contributed by atoms with Crippen molar-refractivity contribution in [1.29, 1.82) is 0 Å². The highest BCUT2D eigenvalue weighted by molar-refractivity contribution is 5.97. The van der Waals surface area contributed by atoms with Gasteiger partial charge in [-0.15, -0.1) is 0 Å². The third kappa shape index (κ3) is 2.92. The second-order valence-corrected chi connectivity index (χ2v) is 5.29. The second kappa shape index (κ2) is 5.93. The Bertz CT molecular complexity index is 929. The minimum absolute atomic E-state index is 0.187. The topological polar surface area (TPSA) is 69.9 Å². The molecule has 0 saturated carbocycles. The van der Waals surface area contributed by atoms with Gasteiger partial charge in [0.1, 0.15) is 5.75 Å². The molecule has 4 heteroatoms. The Morgan fingerprint density at radius 3 is 2.61 bits per heavy atom. The highest BCUT2D eigenvalue weighted by atomic mass is 16.4. The van der Waals surface area contributed by atoms with E-state index in [-0.39, 0.29) is 11.3 Å². The zero-order chi connectivity index (χ0) is 16.4. The molecule has 4 nitrogen and oxygen atoms in total. The SMILES string of the molecule is Cc1cc(C(=O)O)ccc1N=Cc1ccc2ccccc2c1O. The molecule has 3 aromatic carbocycles. The standard InChI is InChI=1S/C19H15NO3/c1-12-10-14(19(22)23)8-9-17(12)20-11-15-7-6-13-4-2-3-5-16(13)18(15)21/h2-11,21H,1H3,(H,22,23). The summed E-state index contributed by atoms with van der Waals surface area (Å²) in [4.78, 5) is 15.3. The van der Waals surface area contributed by atoms with Gasteiger partial charge in [-0.05, 0) is 42.1 Å². The van der Waals surface area contributed by atoms with Crippen molar-refractivity contribution >= 4 is 28.6 Å². The van der Waals surface area contributed by atoms with Crippen molar-refractivity contribution < 1.29 is 15.0 Å². The smallest absolute Gasteiger partial charge is 0.335 e. The Morgan fingerprint density at radius 1 is 1.09 bits per heavy atom. The van der Waals surface area contributed by atoms with E-state index in [1.807, 2.05) is 36.4 Å². The first-order chi connectivity index (χ1) is 11.1. The molecule has 0 aliphatic carbocycles. The predicted molar refractivity (Wildman–Crippen MR) is 91.0 cm³/mol. The van der Waals surface area contributed by atoms with Crippen LogP contribution in [0.5, 0.6) is 5.75 Å². The molecule has 3 rings (SSSR count). The average Bonchev–Trinajstić information content (AvgIpc) is 2.55. The normalized spacial score (nSPS) is 11.2. The summed E-state index contributed by atoms with van der Waals surface area (Å²) in [5, 5.41) is 21.1. The lowest BCUT2D eigenvalue weighted by atomic mass is 10.1. The minimum atomic E-state index is -0.962. The Kier molecular flexibility index (Phi) is 3.81. The first-order valence-corrected chi connectivity index (χ1v) is 7.15. The number of hydrogen-bond donors (Lipinski definition) is 2. The van der Waals surface area contributed by atoms with Crippen molar-refractivity contribution in [2.75, 3.05) is 0 Å². The highest BCUT2D eigenvalue weighted by Crippen LogP contribution is 2.28. The van der Waals surface area contributed by atoms with Gasteiger partial charge in [-0.1, -0.05) is 30.3 Å². The van der Waals surface area contributed by atoms with Crippen molar-refractivity contribution in [3.05, 3.63) is 71.3 Å².